The van der Waals surface area contributed by atoms with Gasteiger partial charge in [0.1, 0.15) is 23.0 Å². The zero-order chi connectivity index (χ0) is 36.5. The van der Waals surface area contributed by atoms with E-state index in [9.17, 15) is 0 Å². The monoisotopic (exact) mass is 814 g/mol. The summed E-state index contributed by atoms with van der Waals surface area (Å²) in [7, 11) is 10.6. The van der Waals surface area contributed by atoms with Gasteiger partial charge in [0, 0.05) is 32.5 Å². The number of rotatable bonds is 8. The Morgan fingerprint density at radius 3 is 1.25 bits per heavy atom. The first-order valence-electron chi connectivity index (χ1n) is 17.8. The number of hydrogen-bond donors (Lipinski definition) is 0. The molecule has 0 bridgehead atoms. The second-order valence-electron chi connectivity index (χ2n) is 14.1. The number of benzene rings is 4. The molecule has 2 nitrogen and oxygen atoms in total. The van der Waals surface area contributed by atoms with Crippen LogP contribution in [0.1, 0.15) is 79.4 Å². The van der Waals surface area contributed by atoms with E-state index in [2.05, 4.69) is 137 Å². The van der Waals surface area contributed by atoms with Crippen LogP contribution in [0, 0.1) is 41.5 Å². The Kier molecular flexibility index (Phi) is 11.3. The fourth-order valence-corrected chi connectivity index (χ4v) is 9.56. The minimum absolute atomic E-state index is 0.281. The van der Waals surface area contributed by atoms with Gasteiger partial charge in [0.05, 0.1) is 0 Å². The molecule has 260 valence electrons. The van der Waals surface area contributed by atoms with Crippen molar-refractivity contribution in [2.24, 2.45) is 0 Å². The van der Waals surface area contributed by atoms with Gasteiger partial charge in [-0.05, 0) is 146 Å². The van der Waals surface area contributed by atoms with Gasteiger partial charge in [-0.2, -0.15) is 0 Å². The van der Waals surface area contributed by atoms with Crippen molar-refractivity contribution in [1.29, 1.82) is 0 Å². The second-order valence-corrected chi connectivity index (χ2v) is 19.2. The molecule has 6 aromatic rings. The SMILES string of the molecule is Cc1ccc(-c2c(C)ccc3c2C=C(c2ccc(C)o2)C3C[Si]CC2C(c3ccc(C)o3)=Cc3c2ccc(C)c3-c2ccc(C)cc2)cc1.[Cl][Zr][Cl]. The Hall–Kier alpha value is -3.40. The van der Waals surface area contributed by atoms with Gasteiger partial charge in [0.25, 0.3) is 0 Å². The summed E-state index contributed by atoms with van der Waals surface area (Å²) in [4.78, 5) is 0. The predicted molar refractivity (Wildman–Crippen MR) is 218 cm³/mol. The van der Waals surface area contributed by atoms with Crippen LogP contribution in [0.5, 0.6) is 0 Å². The third-order valence-corrected chi connectivity index (χ3v) is 11.9. The molecule has 0 amide bonds. The van der Waals surface area contributed by atoms with Crippen molar-refractivity contribution >= 4 is 49.8 Å². The van der Waals surface area contributed by atoms with Crippen molar-refractivity contribution in [2.45, 2.75) is 65.5 Å². The Balaban J connectivity index is 0.00000136. The number of fused-ring (bicyclic) bond motifs is 2. The molecular formula is C46H42Cl2O2SiZr. The van der Waals surface area contributed by atoms with Gasteiger partial charge >= 0.3 is 37.9 Å². The van der Waals surface area contributed by atoms with Crippen molar-refractivity contribution in [3.8, 4) is 22.3 Å². The first kappa shape index (κ1) is 36.9. The molecule has 0 aliphatic heterocycles. The van der Waals surface area contributed by atoms with E-state index in [0.29, 0.717) is 0 Å². The number of hydrogen-bond acceptors (Lipinski definition) is 2. The van der Waals surface area contributed by atoms with Gasteiger partial charge in [-0.15, -0.1) is 0 Å². The molecule has 2 heterocycles. The van der Waals surface area contributed by atoms with E-state index in [4.69, 9.17) is 25.9 Å². The fraction of sp³-hybridized carbons (Fsp3) is 0.217. The third kappa shape index (κ3) is 7.38. The van der Waals surface area contributed by atoms with Crippen LogP contribution in [-0.2, 0) is 20.8 Å². The Bertz CT molecular complexity index is 2130. The van der Waals surface area contributed by atoms with Crippen LogP contribution in [0.4, 0.5) is 0 Å². The molecule has 4 aromatic carbocycles. The molecule has 2 atom stereocenters. The van der Waals surface area contributed by atoms with Crippen molar-refractivity contribution < 1.29 is 29.7 Å². The van der Waals surface area contributed by atoms with Gasteiger partial charge in [0.15, 0.2) is 0 Å². The maximum absolute atomic E-state index is 6.31. The average molecular weight is 817 g/mol. The predicted octanol–water partition coefficient (Wildman–Crippen LogP) is 14.0. The van der Waals surface area contributed by atoms with E-state index in [1.54, 1.807) is 0 Å². The molecule has 0 saturated carbocycles. The van der Waals surface area contributed by atoms with Crippen molar-refractivity contribution in [3.63, 3.8) is 0 Å². The topological polar surface area (TPSA) is 26.3 Å². The van der Waals surface area contributed by atoms with Crippen LogP contribution in [0.3, 0.4) is 0 Å². The quantitative estimate of drug-likeness (QED) is 0.143. The molecule has 0 N–H and O–H groups in total. The van der Waals surface area contributed by atoms with Gasteiger partial charge < -0.3 is 8.83 Å². The van der Waals surface area contributed by atoms with Crippen molar-refractivity contribution in [3.05, 3.63) is 165 Å². The molecule has 2 aromatic heterocycles. The third-order valence-electron chi connectivity index (χ3n) is 10.5. The Morgan fingerprint density at radius 2 is 0.904 bits per heavy atom. The summed E-state index contributed by atoms with van der Waals surface area (Å²) in [6.45, 7) is 12.9. The van der Waals surface area contributed by atoms with E-state index < -0.39 is 20.8 Å². The molecule has 2 aliphatic carbocycles. The summed E-state index contributed by atoms with van der Waals surface area (Å²) in [5, 5.41) is 0. The molecule has 2 radical (unpaired) electrons. The van der Waals surface area contributed by atoms with Crippen molar-refractivity contribution in [1.82, 2.24) is 0 Å². The number of furan rings is 2. The van der Waals surface area contributed by atoms with Gasteiger partial charge in [-0.3, -0.25) is 0 Å². The molecule has 8 rings (SSSR count). The maximum atomic E-state index is 6.31. The fourth-order valence-electron chi connectivity index (χ4n) is 7.94. The number of allylic oxidation sites excluding steroid dienone is 2. The molecule has 0 fully saturated rings. The van der Waals surface area contributed by atoms with E-state index in [1.165, 1.54) is 77.9 Å². The van der Waals surface area contributed by atoms with Crippen LogP contribution in [-0.4, -0.2) is 9.52 Å². The summed E-state index contributed by atoms with van der Waals surface area (Å²) in [5.41, 5.74) is 18.5. The van der Waals surface area contributed by atoms with Crippen LogP contribution in [0.15, 0.2) is 106 Å². The van der Waals surface area contributed by atoms with E-state index in [-0.39, 0.29) is 11.8 Å². The first-order valence-corrected chi connectivity index (χ1v) is 25.6. The Labute approximate surface area is 329 Å². The molecule has 0 spiro atoms. The van der Waals surface area contributed by atoms with E-state index >= 15 is 0 Å². The number of halogens is 2. The van der Waals surface area contributed by atoms with Crippen LogP contribution in [0.25, 0.3) is 45.6 Å². The van der Waals surface area contributed by atoms with E-state index in [0.717, 1.165) is 44.6 Å². The summed E-state index contributed by atoms with van der Waals surface area (Å²) in [5.74, 6) is 4.45. The molecule has 6 heteroatoms. The Morgan fingerprint density at radius 1 is 0.519 bits per heavy atom. The van der Waals surface area contributed by atoms with E-state index in [1.807, 2.05) is 13.8 Å². The van der Waals surface area contributed by atoms with Gasteiger partial charge in [-0.1, -0.05) is 83.9 Å². The molecule has 2 aliphatic rings. The summed E-state index contributed by atoms with van der Waals surface area (Å²) in [6.07, 6.45) is 4.84. The standard InChI is InChI=1S/C46H42O2Si.2ClH.Zr/c1-27-7-15-33(16-8-27)45-29(3)11-19-35-39(45)23-37(43-21-13-31(5)47-43)41(35)25-49-26-42-36-20-12-30(4)46(34-17-9-28(2)10-18-34)40(36)24-38(42)44-22-14-32(6)48-44;;;/h7-24,41-42H,25-26H2,1-6H3;2*1H;/q;;;+2/p-2. The molecule has 52 heavy (non-hydrogen) atoms. The number of aryl methyl sites for hydroxylation is 6. The zero-order valence-corrected chi connectivity index (χ0v) is 35.5. The van der Waals surface area contributed by atoms with Crippen LogP contribution >= 0.6 is 17.0 Å². The summed E-state index contributed by atoms with van der Waals surface area (Å²) in [6, 6.07) is 38.0. The molecular weight excluding hydrogens is 775 g/mol. The summed E-state index contributed by atoms with van der Waals surface area (Å²) < 4.78 is 12.6. The normalized spacial score (nSPS) is 15.8. The van der Waals surface area contributed by atoms with Crippen LogP contribution in [0.2, 0.25) is 12.1 Å². The minimum atomic E-state index is -0.826. The summed E-state index contributed by atoms with van der Waals surface area (Å²) >= 11 is -0.826. The second kappa shape index (κ2) is 15.9. The molecule has 2 unspecified atom stereocenters. The van der Waals surface area contributed by atoms with Crippen LogP contribution < -0.4 is 0 Å². The molecule has 0 saturated heterocycles. The zero-order valence-electron chi connectivity index (χ0n) is 30.5. The van der Waals surface area contributed by atoms with Crippen molar-refractivity contribution in [2.75, 3.05) is 0 Å². The van der Waals surface area contributed by atoms with Gasteiger partial charge in [0.2, 0.25) is 0 Å². The first-order chi connectivity index (χ1) is 25.2. The average Bonchev–Trinajstić information content (AvgIpc) is 3.92. The van der Waals surface area contributed by atoms with Gasteiger partial charge in [-0.25, -0.2) is 0 Å².